The second-order valence-corrected chi connectivity index (χ2v) is 8.91. The van der Waals surface area contributed by atoms with Crippen molar-refractivity contribution >= 4 is 44.2 Å². The van der Waals surface area contributed by atoms with Gasteiger partial charge >= 0.3 is 0 Å². The molecule has 0 saturated heterocycles. The lowest BCUT2D eigenvalue weighted by Gasteiger charge is -2.20. The number of carbonyl (C=O) groups is 1. The van der Waals surface area contributed by atoms with Crippen molar-refractivity contribution in [2.45, 2.75) is 34.2 Å². The molecule has 0 aliphatic carbocycles. The summed E-state index contributed by atoms with van der Waals surface area (Å²) in [6.45, 7) is 8.84. The van der Waals surface area contributed by atoms with E-state index in [0.717, 1.165) is 32.9 Å². The summed E-state index contributed by atoms with van der Waals surface area (Å²) in [6, 6.07) is 7.61. The van der Waals surface area contributed by atoms with Crippen molar-refractivity contribution in [2.24, 2.45) is 7.05 Å². The van der Waals surface area contributed by atoms with Crippen LogP contribution >= 0.6 is 22.9 Å². The highest BCUT2D eigenvalue weighted by atomic mass is 35.5. The third-order valence-corrected chi connectivity index (χ3v) is 6.22. The van der Waals surface area contributed by atoms with Crippen molar-refractivity contribution in [1.82, 2.24) is 24.5 Å². The van der Waals surface area contributed by atoms with Crippen LogP contribution in [0, 0.1) is 27.7 Å². The molecule has 1 amide bonds. The number of benzene rings is 1. The van der Waals surface area contributed by atoms with Crippen LogP contribution in [0.25, 0.3) is 10.2 Å². The standard InChI is InChI=1S/C21H23ClN6OS/c1-12-8-16(22)11-18-19(12)23-21(30-18)27(6-7-28-15(4)9-13(2)25-28)20(29)17-10-14(3)24-26(17)5/h8-11H,6-7H2,1-5H3. The molecule has 3 heterocycles. The highest BCUT2D eigenvalue weighted by Crippen LogP contribution is 2.33. The molecule has 0 N–H and O–H groups in total. The summed E-state index contributed by atoms with van der Waals surface area (Å²) in [7, 11) is 1.78. The first-order valence-electron chi connectivity index (χ1n) is 9.63. The highest BCUT2D eigenvalue weighted by molar-refractivity contribution is 7.22. The summed E-state index contributed by atoms with van der Waals surface area (Å²) < 4.78 is 4.49. The van der Waals surface area contributed by atoms with Crippen LogP contribution in [0.1, 0.15) is 33.1 Å². The molecule has 0 saturated carbocycles. The van der Waals surface area contributed by atoms with Gasteiger partial charge in [0.2, 0.25) is 0 Å². The molecule has 0 bridgehead atoms. The fourth-order valence-electron chi connectivity index (χ4n) is 3.59. The van der Waals surface area contributed by atoms with Crippen LogP contribution in [0.4, 0.5) is 5.13 Å². The topological polar surface area (TPSA) is 68.8 Å². The molecular weight excluding hydrogens is 420 g/mol. The zero-order valence-electron chi connectivity index (χ0n) is 17.6. The van der Waals surface area contributed by atoms with Crippen molar-refractivity contribution in [3.05, 3.63) is 57.6 Å². The highest BCUT2D eigenvalue weighted by Gasteiger charge is 2.25. The minimum absolute atomic E-state index is 0.137. The molecule has 0 unspecified atom stereocenters. The van der Waals surface area contributed by atoms with E-state index in [1.54, 1.807) is 22.7 Å². The van der Waals surface area contributed by atoms with Gasteiger partial charge in [-0.15, -0.1) is 0 Å². The quantitative estimate of drug-likeness (QED) is 0.457. The molecule has 0 aliphatic rings. The Hall–Kier alpha value is -2.71. The molecule has 0 spiro atoms. The van der Waals surface area contributed by atoms with Crippen LogP contribution in [0.5, 0.6) is 0 Å². The maximum absolute atomic E-state index is 13.5. The van der Waals surface area contributed by atoms with Gasteiger partial charge in [-0.05, 0) is 57.5 Å². The smallest absolute Gasteiger partial charge is 0.278 e. The van der Waals surface area contributed by atoms with Crippen molar-refractivity contribution < 1.29 is 4.79 Å². The molecule has 4 aromatic rings. The largest absolute Gasteiger partial charge is 0.281 e. The maximum Gasteiger partial charge on any atom is 0.278 e. The van der Waals surface area contributed by atoms with Crippen molar-refractivity contribution in [1.29, 1.82) is 0 Å². The molecule has 0 aliphatic heterocycles. The van der Waals surface area contributed by atoms with E-state index in [4.69, 9.17) is 16.6 Å². The summed E-state index contributed by atoms with van der Waals surface area (Å²) in [5.74, 6) is -0.137. The molecule has 7 nitrogen and oxygen atoms in total. The lowest BCUT2D eigenvalue weighted by atomic mass is 10.2. The van der Waals surface area contributed by atoms with Gasteiger partial charge in [-0.3, -0.25) is 19.1 Å². The summed E-state index contributed by atoms with van der Waals surface area (Å²) in [6.07, 6.45) is 0. The van der Waals surface area contributed by atoms with Crippen LogP contribution < -0.4 is 4.90 Å². The Labute approximate surface area is 183 Å². The minimum atomic E-state index is -0.137. The second kappa shape index (κ2) is 7.85. The Morgan fingerprint density at radius 1 is 1.10 bits per heavy atom. The molecular formula is C21H23ClN6OS. The lowest BCUT2D eigenvalue weighted by Crippen LogP contribution is -2.35. The summed E-state index contributed by atoms with van der Waals surface area (Å²) in [5.41, 5.74) is 5.19. The first-order valence-corrected chi connectivity index (χ1v) is 10.8. The molecule has 3 aromatic heterocycles. The third-order valence-electron chi connectivity index (χ3n) is 4.97. The molecule has 0 fully saturated rings. The van der Waals surface area contributed by atoms with Crippen molar-refractivity contribution in [2.75, 3.05) is 11.4 Å². The number of hydrogen-bond donors (Lipinski definition) is 0. The summed E-state index contributed by atoms with van der Waals surface area (Å²) >= 11 is 7.69. The Bertz CT molecular complexity index is 1250. The lowest BCUT2D eigenvalue weighted by molar-refractivity contribution is 0.0976. The van der Waals surface area contributed by atoms with Gasteiger partial charge in [0.15, 0.2) is 5.13 Å². The number of aryl methyl sites for hydroxylation is 5. The molecule has 156 valence electrons. The van der Waals surface area contributed by atoms with Crippen LogP contribution in [0.15, 0.2) is 24.3 Å². The molecule has 0 atom stereocenters. The van der Waals surface area contributed by atoms with Crippen molar-refractivity contribution in [3.63, 3.8) is 0 Å². The zero-order chi connectivity index (χ0) is 21.6. The Morgan fingerprint density at radius 3 is 2.47 bits per heavy atom. The van der Waals surface area contributed by atoms with Gasteiger partial charge in [0.05, 0.1) is 28.1 Å². The van der Waals surface area contributed by atoms with Crippen LogP contribution in [-0.2, 0) is 13.6 Å². The summed E-state index contributed by atoms with van der Waals surface area (Å²) in [4.78, 5) is 20.0. The molecule has 1 aromatic carbocycles. The van der Waals surface area contributed by atoms with Gasteiger partial charge in [-0.1, -0.05) is 22.9 Å². The number of hydrogen-bond acceptors (Lipinski definition) is 5. The van der Waals surface area contributed by atoms with E-state index in [-0.39, 0.29) is 5.91 Å². The first-order chi connectivity index (χ1) is 14.2. The van der Waals surface area contributed by atoms with E-state index in [9.17, 15) is 4.79 Å². The number of amides is 1. The van der Waals surface area contributed by atoms with E-state index in [2.05, 4.69) is 10.2 Å². The fraction of sp³-hybridized carbons (Fsp3) is 0.333. The van der Waals surface area contributed by atoms with E-state index >= 15 is 0 Å². The maximum atomic E-state index is 13.5. The van der Waals surface area contributed by atoms with Gasteiger partial charge in [-0.25, -0.2) is 4.98 Å². The number of rotatable bonds is 5. The number of nitrogens with zero attached hydrogens (tertiary/aromatic N) is 6. The second-order valence-electron chi connectivity index (χ2n) is 7.47. The van der Waals surface area contributed by atoms with Crippen LogP contribution in [0.2, 0.25) is 5.02 Å². The number of thiazole rings is 1. The summed E-state index contributed by atoms with van der Waals surface area (Å²) in [5, 5.41) is 10.2. The van der Waals surface area contributed by atoms with E-state index < -0.39 is 0 Å². The number of anilines is 1. The molecule has 0 radical (unpaired) electrons. The number of halogens is 1. The van der Waals surface area contributed by atoms with E-state index in [0.29, 0.717) is 28.9 Å². The predicted octanol–water partition coefficient (Wildman–Crippen LogP) is 4.46. The predicted molar refractivity (Wildman–Crippen MR) is 121 cm³/mol. The normalized spacial score (nSPS) is 11.4. The van der Waals surface area contributed by atoms with Gasteiger partial charge < -0.3 is 0 Å². The Balaban J connectivity index is 1.74. The number of carbonyl (C=O) groups excluding carboxylic acids is 1. The van der Waals surface area contributed by atoms with E-state index in [1.165, 1.54) is 11.3 Å². The SMILES string of the molecule is Cc1cc(C(=O)N(CCn2nc(C)cc2C)c2nc3c(C)cc(Cl)cc3s2)n(C)n1. The zero-order valence-corrected chi connectivity index (χ0v) is 19.2. The molecule has 4 rings (SSSR count). The Kier molecular flexibility index (Phi) is 5.38. The average Bonchev–Trinajstić information content (AvgIpc) is 3.32. The van der Waals surface area contributed by atoms with Gasteiger partial charge in [0.1, 0.15) is 5.69 Å². The average molecular weight is 443 g/mol. The van der Waals surface area contributed by atoms with Crippen LogP contribution in [0.3, 0.4) is 0 Å². The molecule has 30 heavy (non-hydrogen) atoms. The van der Waals surface area contributed by atoms with Crippen LogP contribution in [-0.4, -0.2) is 37.0 Å². The van der Waals surface area contributed by atoms with Gasteiger partial charge in [0, 0.05) is 24.3 Å². The number of fused-ring (bicyclic) bond motifs is 1. The van der Waals surface area contributed by atoms with E-state index in [1.807, 2.05) is 50.6 Å². The van der Waals surface area contributed by atoms with Crippen molar-refractivity contribution in [3.8, 4) is 0 Å². The monoisotopic (exact) mass is 442 g/mol. The minimum Gasteiger partial charge on any atom is -0.281 e. The fourth-order valence-corrected chi connectivity index (χ4v) is 5.03. The van der Waals surface area contributed by atoms with Gasteiger partial charge in [-0.2, -0.15) is 10.2 Å². The number of aromatic nitrogens is 5. The third kappa shape index (κ3) is 3.85. The molecule has 9 heteroatoms. The Morgan fingerprint density at radius 2 is 1.83 bits per heavy atom. The first kappa shape index (κ1) is 20.6. The van der Waals surface area contributed by atoms with Gasteiger partial charge in [0.25, 0.3) is 5.91 Å².